The third kappa shape index (κ3) is 6.51. The number of oxazole rings is 1. The van der Waals surface area contributed by atoms with Crippen LogP contribution in [0.4, 0.5) is 0 Å². The Labute approximate surface area is 200 Å². The van der Waals surface area contributed by atoms with Gasteiger partial charge in [-0.2, -0.15) is 0 Å². The molecule has 0 aliphatic carbocycles. The van der Waals surface area contributed by atoms with Gasteiger partial charge in [0.25, 0.3) is 5.89 Å². The van der Waals surface area contributed by atoms with Crippen molar-refractivity contribution in [3.8, 4) is 0 Å². The Hall–Kier alpha value is -3.04. The van der Waals surface area contributed by atoms with Gasteiger partial charge < -0.3 is 9.73 Å². The summed E-state index contributed by atoms with van der Waals surface area (Å²) >= 11 is 0. The third-order valence-corrected chi connectivity index (χ3v) is 7.13. The lowest BCUT2D eigenvalue weighted by Crippen LogP contribution is -2.54. The molecule has 1 amide bonds. The van der Waals surface area contributed by atoms with Gasteiger partial charge in [0.05, 0.1) is 0 Å². The Morgan fingerprint density at radius 3 is 2.29 bits per heavy atom. The number of aryl methyl sites for hydroxylation is 1. The highest BCUT2D eigenvalue weighted by atomic mass is 32.2. The maximum Gasteiger partial charge on any atom is 0.264 e. The monoisotopic (exact) mass is 485 g/mol. The minimum absolute atomic E-state index is 0.0512. The van der Waals surface area contributed by atoms with Crippen molar-refractivity contribution in [2.24, 2.45) is 17.0 Å². The van der Waals surface area contributed by atoms with Crippen LogP contribution < -0.4 is 10.5 Å². The molecule has 9 heteroatoms. The van der Waals surface area contributed by atoms with Crippen molar-refractivity contribution in [2.45, 2.75) is 51.3 Å². The van der Waals surface area contributed by atoms with E-state index in [-0.39, 0.29) is 18.2 Å². The molecule has 0 fully saturated rings. The summed E-state index contributed by atoms with van der Waals surface area (Å²) < 4.78 is 31.5. The van der Waals surface area contributed by atoms with Gasteiger partial charge in [-0.3, -0.25) is 9.59 Å². The molecule has 8 nitrogen and oxygen atoms in total. The lowest BCUT2D eigenvalue weighted by Gasteiger charge is -2.32. The molecular formula is C25H31N3O5S. The van der Waals surface area contributed by atoms with E-state index in [9.17, 15) is 18.0 Å². The lowest BCUT2D eigenvalue weighted by atomic mass is 9.86. The predicted octanol–water partition coefficient (Wildman–Crippen LogP) is 3.47. The van der Waals surface area contributed by atoms with E-state index in [1.807, 2.05) is 44.2 Å². The second-order valence-corrected chi connectivity index (χ2v) is 10.7. The van der Waals surface area contributed by atoms with Gasteiger partial charge in [0.2, 0.25) is 21.7 Å². The standard InChI is InChI=1S/C25H31N3O5S/c1-16(2)15-21(27-17(3)29)24(34(26,31)32)19(14-13-18-9-5-4-6-10-18)23(30)25-28-20-11-7-8-12-22(20)33-25/h4-12,16,19,21,24H,13-15H2,1-3H3,(H,27,29)(H2,26,31,32). The zero-order valence-electron chi connectivity index (χ0n) is 19.6. The Morgan fingerprint density at radius 2 is 1.71 bits per heavy atom. The van der Waals surface area contributed by atoms with E-state index >= 15 is 0 Å². The highest BCUT2D eigenvalue weighted by molar-refractivity contribution is 7.89. The van der Waals surface area contributed by atoms with E-state index in [2.05, 4.69) is 10.3 Å². The molecule has 3 unspecified atom stereocenters. The topological polar surface area (TPSA) is 132 Å². The molecular weight excluding hydrogens is 454 g/mol. The molecule has 2 aromatic carbocycles. The van der Waals surface area contributed by atoms with E-state index in [1.54, 1.807) is 24.3 Å². The number of hydrogen-bond donors (Lipinski definition) is 2. The number of rotatable bonds is 11. The average Bonchev–Trinajstić information content (AvgIpc) is 3.19. The lowest BCUT2D eigenvalue weighted by molar-refractivity contribution is -0.119. The Bertz CT molecular complexity index is 1200. The number of sulfonamides is 1. The number of hydrogen-bond acceptors (Lipinski definition) is 6. The van der Waals surface area contributed by atoms with Gasteiger partial charge >= 0.3 is 0 Å². The van der Waals surface area contributed by atoms with Crippen molar-refractivity contribution in [1.29, 1.82) is 0 Å². The number of ketones is 1. The number of amides is 1. The van der Waals surface area contributed by atoms with E-state index in [0.717, 1.165) is 5.56 Å². The summed E-state index contributed by atoms with van der Waals surface area (Å²) in [5, 5.41) is 7.10. The summed E-state index contributed by atoms with van der Waals surface area (Å²) in [5.41, 5.74) is 1.88. The number of fused-ring (bicyclic) bond motifs is 1. The largest absolute Gasteiger partial charge is 0.434 e. The zero-order valence-corrected chi connectivity index (χ0v) is 20.4. The van der Waals surface area contributed by atoms with E-state index in [1.165, 1.54) is 6.92 Å². The first kappa shape index (κ1) is 25.6. The molecule has 0 bridgehead atoms. The SMILES string of the molecule is CC(=O)NC(CC(C)C)C(C(CCc1ccccc1)C(=O)c1nc2ccccc2o1)S(N)(=O)=O. The van der Waals surface area contributed by atoms with Crippen LogP contribution in [0.1, 0.15) is 49.9 Å². The molecule has 1 heterocycles. The predicted molar refractivity (Wildman–Crippen MR) is 131 cm³/mol. The molecule has 3 rings (SSSR count). The van der Waals surface area contributed by atoms with Crippen molar-refractivity contribution in [2.75, 3.05) is 0 Å². The summed E-state index contributed by atoms with van der Waals surface area (Å²) in [6.07, 6.45) is 0.970. The first-order valence-corrected chi connectivity index (χ1v) is 12.9. The molecule has 182 valence electrons. The minimum atomic E-state index is -4.25. The number of para-hydroxylation sites is 2. The van der Waals surface area contributed by atoms with Gasteiger partial charge in [0, 0.05) is 18.9 Å². The van der Waals surface area contributed by atoms with Crippen molar-refractivity contribution < 1.29 is 22.4 Å². The number of benzene rings is 2. The first-order chi connectivity index (χ1) is 16.1. The molecule has 0 radical (unpaired) electrons. The van der Waals surface area contributed by atoms with Crippen molar-refractivity contribution in [3.63, 3.8) is 0 Å². The average molecular weight is 486 g/mol. The number of nitrogens with one attached hydrogen (secondary N) is 1. The normalized spacial score (nSPS) is 14.6. The van der Waals surface area contributed by atoms with E-state index in [0.29, 0.717) is 23.9 Å². The van der Waals surface area contributed by atoms with Gasteiger partial charge in [-0.15, -0.1) is 0 Å². The second-order valence-electron chi connectivity index (χ2n) is 8.97. The van der Waals surface area contributed by atoms with Crippen LogP contribution in [0, 0.1) is 11.8 Å². The van der Waals surface area contributed by atoms with Gasteiger partial charge in [0.15, 0.2) is 5.58 Å². The van der Waals surface area contributed by atoms with Crippen LogP contribution in [0.5, 0.6) is 0 Å². The number of carbonyl (C=O) groups is 2. The molecule has 0 saturated heterocycles. The van der Waals surface area contributed by atoms with Gasteiger partial charge in [-0.05, 0) is 42.9 Å². The van der Waals surface area contributed by atoms with Crippen molar-refractivity contribution in [3.05, 3.63) is 66.1 Å². The number of Topliss-reactive ketones (excluding diaryl/α,β-unsaturated/α-hetero) is 1. The third-order valence-electron chi connectivity index (χ3n) is 5.71. The highest BCUT2D eigenvalue weighted by Gasteiger charge is 2.43. The maximum absolute atomic E-state index is 13.7. The second kappa shape index (κ2) is 10.9. The Morgan fingerprint density at radius 1 is 1.06 bits per heavy atom. The fourth-order valence-corrected chi connectivity index (χ4v) is 5.68. The van der Waals surface area contributed by atoms with Crippen molar-refractivity contribution >= 4 is 32.8 Å². The van der Waals surface area contributed by atoms with Crippen LogP contribution in [0.2, 0.25) is 0 Å². The van der Waals surface area contributed by atoms with Crippen LogP contribution in [0.3, 0.4) is 0 Å². The number of primary sulfonamides is 1. The number of carbonyl (C=O) groups excluding carboxylic acids is 2. The fourth-order valence-electron chi connectivity index (χ4n) is 4.33. The number of nitrogens with zero attached hydrogens (tertiary/aromatic N) is 1. The molecule has 0 spiro atoms. The summed E-state index contributed by atoms with van der Waals surface area (Å²) in [6, 6.07) is 15.5. The molecule has 0 aliphatic heterocycles. The summed E-state index contributed by atoms with van der Waals surface area (Å²) in [4.78, 5) is 30.0. The zero-order chi connectivity index (χ0) is 24.9. The summed E-state index contributed by atoms with van der Waals surface area (Å²) in [7, 11) is -4.25. The minimum Gasteiger partial charge on any atom is -0.434 e. The molecule has 3 aromatic rings. The molecule has 34 heavy (non-hydrogen) atoms. The quantitative estimate of drug-likeness (QED) is 0.400. The number of nitrogens with two attached hydrogens (primary N) is 1. The Kier molecular flexibility index (Phi) is 8.22. The van der Waals surface area contributed by atoms with Crippen LogP contribution in [-0.2, 0) is 21.2 Å². The smallest absolute Gasteiger partial charge is 0.264 e. The summed E-state index contributed by atoms with van der Waals surface area (Å²) in [5.74, 6) is -2.13. The first-order valence-electron chi connectivity index (χ1n) is 11.3. The highest BCUT2D eigenvalue weighted by Crippen LogP contribution is 2.29. The van der Waals surface area contributed by atoms with Gasteiger partial charge in [-0.1, -0.05) is 56.3 Å². The molecule has 3 N–H and O–H groups in total. The molecule has 0 saturated carbocycles. The number of aromatic nitrogens is 1. The Balaban J connectivity index is 2.06. The van der Waals surface area contributed by atoms with Gasteiger partial charge in [-0.25, -0.2) is 18.5 Å². The molecule has 0 aliphatic rings. The maximum atomic E-state index is 13.7. The molecule has 3 atom stereocenters. The fraction of sp³-hybridized carbons (Fsp3) is 0.400. The summed E-state index contributed by atoms with van der Waals surface area (Å²) in [6.45, 7) is 5.14. The van der Waals surface area contributed by atoms with Gasteiger partial charge in [0.1, 0.15) is 10.8 Å². The van der Waals surface area contributed by atoms with Crippen LogP contribution in [0.15, 0.2) is 59.0 Å². The van der Waals surface area contributed by atoms with Crippen molar-refractivity contribution in [1.82, 2.24) is 10.3 Å². The van der Waals surface area contributed by atoms with E-state index in [4.69, 9.17) is 9.56 Å². The van der Waals surface area contributed by atoms with Crippen LogP contribution in [-0.4, -0.2) is 36.4 Å². The molecule has 1 aromatic heterocycles. The van der Waals surface area contributed by atoms with Crippen LogP contribution in [0.25, 0.3) is 11.1 Å². The van der Waals surface area contributed by atoms with E-state index < -0.39 is 38.9 Å². The van der Waals surface area contributed by atoms with Crippen LogP contribution >= 0.6 is 0 Å².